The van der Waals surface area contributed by atoms with Crippen molar-refractivity contribution in [2.45, 2.75) is 0 Å². The summed E-state index contributed by atoms with van der Waals surface area (Å²) < 4.78 is 0. The molecule has 0 amide bonds. The summed E-state index contributed by atoms with van der Waals surface area (Å²) in [4.78, 5) is 11.4. The van der Waals surface area contributed by atoms with Crippen LogP contribution < -0.4 is 15.8 Å². The molecule has 0 bridgehead atoms. The lowest BCUT2D eigenvalue weighted by molar-refractivity contribution is -0.376. The summed E-state index contributed by atoms with van der Waals surface area (Å²) in [6, 6.07) is 12.3. The largest absolute Gasteiger partial charge is 0.612 e. The van der Waals surface area contributed by atoms with Crippen LogP contribution in [0.5, 0.6) is 0 Å². The van der Waals surface area contributed by atoms with Crippen LogP contribution >= 0.6 is 23.4 Å². The predicted molar refractivity (Wildman–Crippen MR) is 120 cm³/mol. The van der Waals surface area contributed by atoms with E-state index in [-0.39, 0.29) is 16.8 Å². The van der Waals surface area contributed by atoms with E-state index >= 15 is 0 Å². The van der Waals surface area contributed by atoms with E-state index in [9.17, 15) is 20.3 Å². The van der Waals surface area contributed by atoms with E-state index in [0.717, 1.165) is 16.3 Å². The number of rotatable bonds is 2. The van der Waals surface area contributed by atoms with E-state index in [2.05, 4.69) is 5.32 Å². The van der Waals surface area contributed by atoms with Gasteiger partial charge in [0.25, 0.3) is 0 Å². The van der Waals surface area contributed by atoms with Gasteiger partial charge in [0.1, 0.15) is 0 Å². The van der Waals surface area contributed by atoms with E-state index in [4.69, 9.17) is 11.6 Å². The highest BCUT2D eigenvalue weighted by Gasteiger charge is 2.18. The molecule has 2 aromatic carbocycles. The highest BCUT2D eigenvalue weighted by Crippen LogP contribution is 2.31. The van der Waals surface area contributed by atoms with Crippen molar-refractivity contribution < 1.29 is 14.8 Å². The molecule has 0 unspecified atom stereocenters. The van der Waals surface area contributed by atoms with Crippen LogP contribution in [0.4, 0.5) is 0 Å². The topological polar surface area (TPSA) is 98.5 Å². The van der Waals surface area contributed by atoms with Crippen molar-refractivity contribution in [1.82, 2.24) is 5.32 Å². The SMILES string of the molecule is O=C(O)c1cc(=C2NC(c3cccc(Cl)c3)=CS2)ccc1=C1C=CC=CC1=[N+]([O-])[O-]. The van der Waals surface area contributed by atoms with Gasteiger partial charge in [-0.1, -0.05) is 59.8 Å². The van der Waals surface area contributed by atoms with Gasteiger partial charge in [0.05, 0.1) is 21.9 Å². The smallest absolute Gasteiger partial charge is 0.336 e. The minimum absolute atomic E-state index is 0.00657. The second-order valence-electron chi connectivity index (χ2n) is 6.45. The molecule has 2 aliphatic rings. The molecule has 1 heterocycles. The summed E-state index contributed by atoms with van der Waals surface area (Å²) in [5, 5.41) is 40.1. The summed E-state index contributed by atoms with van der Waals surface area (Å²) in [5.74, 6) is -1.16. The second-order valence-corrected chi connectivity index (χ2v) is 7.77. The Kier molecular flexibility index (Phi) is 5.39. The highest BCUT2D eigenvalue weighted by molar-refractivity contribution is 8.11. The average Bonchev–Trinajstić information content (AvgIpc) is 3.23. The zero-order valence-corrected chi connectivity index (χ0v) is 16.9. The Balaban J connectivity index is 1.82. The summed E-state index contributed by atoms with van der Waals surface area (Å²) in [6.45, 7) is 0. The molecule has 2 aromatic rings. The molecule has 1 aliphatic heterocycles. The lowest BCUT2D eigenvalue weighted by Gasteiger charge is -2.12. The van der Waals surface area contributed by atoms with Crippen LogP contribution in [0.15, 0.2) is 72.2 Å². The molecule has 150 valence electrons. The lowest BCUT2D eigenvalue weighted by Crippen LogP contribution is -2.27. The molecule has 0 saturated carbocycles. The molecule has 8 heteroatoms. The van der Waals surface area contributed by atoms with E-state index < -0.39 is 10.9 Å². The van der Waals surface area contributed by atoms with Crippen molar-refractivity contribution in [2.75, 3.05) is 0 Å². The number of carboxylic acid groups (broad SMARTS) is 1. The number of hydrogen-bond donors (Lipinski definition) is 2. The van der Waals surface area contributed by atoms with Crippen molar-refractivity contribution in [1.29, 1.82) is 0 Å². The third-order valence-corrected chi connectivity index (χ3v) is 5.74. The number of nitrogens with zero attached hydrogens (tertiary/aromatic N) is 1. The number of hydrogen-bond acceptors (Lipinski definition) is 5. The number of thioether (sulfide) groups is 1. The maximum Gasteiger partial charge on any atom is 0.336 e. The molecule has 0 atom stereocenters. The van der Waals surface area contributed by atoms with Crippen LogP contribution in [0.3, 0.4) is 0 Å². The molecule has 0 radical (unpaired) electrons. The van der Waals surface area contributed by atoms with Crippen molar-refractivity contribution in [3.05, 3.63) is 109 Å². The molecule has 0 aromatic heterocycles. The second kappa shape index (κ2) is 8.14. The molecule has 4 rings (SSSR count). The number of nitrogens with one attached hydrogen (secondary N) is 1. The Hall–Kier alpha value is -3.42. The first-order chi connectivity index (χ1) is 14.4. The molecular formula is C22H14ClN2O4S-. The van der Waals surface area contributed by atoms with Gasteiger partial charge < -0.3 is 20.8 Å². The van der Waals surface area contributed by atoms with Crippen LogP contribution in [0.25, 0.3) is 16.3 Å². The summed E-state index contributed by atoms with van der Waals surface area (Å²) >= 11 is 7.49. The van der Waals surface area contributed by atoms with Crippen molar-refractivity contribution in [3.8, 4) is 0 Å². The minimum atomic E-state index is -1.16. The van der Waals surface area contributed by atoms with Gasteiger partial charge in [-0.05, 0) is 29.8 Å². The van der Waals surface area contributed by atoms with E-state index in [1.165, 1.54) is 23.9 Å². The Morgan fingerprint density at radius 3 is 2.63 bits per heavy atom. The minimum Gasteiger partial charge on any atom is -0.612 e. The van der Waals surface area contributed by atoms with Crippen LogP contribution in [-0.4, -0.2) is 21.7 Å². The van der Waals surface area contributed by atoms with Crippen LogP contribution in [-0.2, 0) is 0 Å². The first-order valence-corrected chi connectivity index (χ1v) is 10.1. The van der Waals surface area contributed by atoms with E-state index in [0.29, 0.717) is 15.5 Å². The molecule has 6 nitrogen and oxygen atoms in total. The number of benzene rings is 2. The first-order valence-electron chi connectivity index (χ1n) is 8.82. The number of halogens is 1. The van der Waals surface area contributed by atoms with Gasteiger partial charge in [-0.2, -0.15) is 4.90 Å². The van der Waals surface area contributed by atoms with Crippen molar-refractivity contribution >= 4 is 51.3 Å². The Morgan fingerprint density at radius 2 is 1.90 bits per heavy atom. The van der Waals surface area contributed by atoms with Gasteiger partial charge in [0.15, 0.2) is 0 Å². The zero-order chi connectivity index (χ0) is 21.3. The lowest BCUT2D eigenvalue weighted by atomic mass is 9.99. The zero-order valence-electron chi connectivity index (χ0n) is 15.3. The Morgan fingerprint density at radius 1 is 1.10 bits per heavy atom. The Bertz CT molecular complexity index is 1300. The van der Waals surface area contributed by atoms with E-state index in [1.54, 1.807) is 36.4 Å². The first kappa shape index (κ1) is 19.9. The molecule has 2 N–H and O–H groups in total. The van der Waals surface area contributed by atoms with Gasteiger partial charge in [-0.25, -0.2) is 4.79 Å². The fraction of sp³-hybridized carbons (Fsp3) is 0. The molecule has 1 aliphatic carbocycles. The quantitative estimate of drug-likeness (QED) is 0.553. The molecule has 0 spiro atoms. The number of carbonyl (C=O) groups is 1. The van der Waals surface area contributed by atoms with Gasteiger partial charge >= 0.3 is 5.97 Å². The van der Waals surface area contributed by atoms with Crippen molar-refractivity contribution in [3.63, 3.8) is 0 Å². The number of aromatic carboxylic acids is 1. The van der Waals surface area contributed by atoms with Crippen molar-refractivity contribution in [2.24, 2.45) is 0 Å². The molecule has 0 saturated heterocycles. The van der Waals surface area contributed by atoms with Crippen LogP contribution in [0.2, 0.25) is 5.02 Å². The summed E-state index contributed by atoms with van der Waals surface area (Å²) in [6.07, 6.45) is 6.11. The third kappa shape index (κ3) is 3.85. The molecular weight excluding hydrogens is 424 g/mol. The maximum atomic E-state index is 11.9. The summed E-state index contributed by atoms with van der Waals surface area (Å²) in [7, 11) is 0. The highest BCUT2D eigenvalue weighted by atomic mass is 35.5. The normalized spacial score (nSPS) is 18.8. The summed E-state index contributed by atoms with van der Waals surface area (Å²) in [5.41, 5.74) is 1.89. The molecule has 0 fully saturated rings. The number of allylic oxidation sites excluding steroid dienone is 4. The maximum absolute atomic E-state index is 11.9. The monoisotopic (exact) mass is 437 g/mol. The van der Waals surface area contributed by atoms with E-state index in [1.807, 2.05) is 23.6 Å². The fourth-order valence-corrected chi connectivity index (χ4v) is 4.25. The standard InChI is InChI=1S/C22H14ClN2O4S/c23-15-5-3-4-13(10-15)19-12-30-21(24-19)14-8-9-16(18(11-14)22(26)27)17-6-1-2-7-20(17)25(28)29/h1-12,24H,(H-,26,27,28,29)/q-1. The van der Waals surface area contributed by atoms with Gasteiger partial charge in [-0.15, -0.1) is 0 Å². The molecule has 30 heavy (non-hydrogen) atoms. The van der Waals surface area contributed by atoms with Gasteiger partial charge in [0.2, 0.25) is 5.71 Å². The van der Waals surface area contributed by atoms with Crippen LogP contribution in [0, 0.1) is 10.4 Å². The van der Waals surface area contributed by atoms with Crippen LogP contribution in [0.1, 0.15) is 15.9 Å². The number of carboxylic acids is 1. The average molecular weight is 438 g/mol. The predicted octanol–water partition coefficient (Wildman–Crippen LogP) is 3.16. The Labute approximate surface area is 180 Å². The van der Waals surface area contributed by atoms with Gasteiger partial charge in [-0.3, -0.25) is 0 Å². The fourth-order valence-electron chi connectivity index (χ4n) is 3.19. The third-order valence-electron chi connectivity index (χ3n) is 4.58. The van der Waals surface area contributed by atoms with Gasteiger partial charge in [0, 0.05) is 26.9 Å².